The highest BCUT2D eigenvalue weighted by atomic mass is 35.5. The summed E-state index contributed by atoms with van der Waals surface area (Å²) in [4.78, 5) is 17.2. The topological polar surface area (TPSA) is 86.5 Å². The molecule has 31 heavy (non-hydrogen) atoms. The predicted molar refractivity (Wildman–Crippen MR) is 118 cm³/mol. The zero-order chi connectivity index (χ0) is 21.8. The Balaban J connectivity index is 1.38. The van der Waals surface area contributed by atoms with Gasteiger partial charge in [-0.1, -0.05) is 16.8 Å². The SMILES string of the molecule is Cc1noc(C)c1CSc1ncccc1C(=O)NCCc1cc(Cl)c2c(c1)OCCO2. The molecule has 0 atom stereocenters. The quantitative estimate of drug-likeness (QED) is 0.525. The minimum absolute atomic E-state index is 0.169. The monoisotopic (exact) mass is 459 g/mol. The number of nitrogens with zero attached hydrogens (tertiary/aromatic N) is 2. The number of aromatic nitrogens is 2. The molecule has 0 saturated heterocycles. The number of nitrogens with one attached hydrogen (secondary N) is 1. The van der Waals surface area contributed by atoms with Gasteiger partial charge in [0.25, 0.3) is 5.91 Å². The number of halogens is 1. The standard InChI is InChI=1S/C22H22ClN3O4S/c1-13-17(14(2)30-26-13)12-31-22-16(4-3-6-25-22)21(27)24-7-5-15-10-18(23)20-19(11-15)28-8-9-29-20/h3-4,6,10-11H,5,7-9,12H2,1-2H3,(H,24,27). The Bertz CT molecular complexity index is 1080. The van der Waals surface area contributed by atoms with Gasteiger partial charge in [-0.3, -0.25) is 4.79 Å². The Hall–Kier alpha value is -2.71. The van der Waals surface area contributed by atoms with Crippen LogP contribution in [0.3, 0.4) is 0 Å². The summed E-state index contributed by atoms with van der Waals surface area (Å²) in [6.07, 6.45) is 2.30. The minimum Gasteiger partial charge on any atom is -0.486 e. The first-order valence-electron chi connectivity index (χ1n) is 9.88. The number of thioether (sulfide) groups is 1. The van der Waals surface area contributed by atoms with Crippen LogP contribution in [0.5, 0.6) is 11.5 Å². The lowest BCUT2D eigenvalue weighted by Gasteiger charge is -2.20. The van der Waals surface area contributed by atoms with Crippen LogP contribution in [0, 0.1) is 13.8 Å². The van der Waals surface area contributed by atoms with Gasteiger partial charge in [-0.25, -0.2) is 4.98 Å². The Morgan fingerprint density at radius 2 is 2.10 bits per heavy atom. The average molecular weight is 460 g/mol. The molecule has 0 radical (unpaired) electrons. The number of rotatable bonds is 7. The molecule has 1 aromatic carbocycles. The van der Waals surface area contributed by atoms with Crippen molar-refractivity contribution in [1.29, 1.82) is 0 Å². The third-order valence-electron chi connectivity index (χ3n) is 4.91. The van der Waals surface area contributed by atoms with Crippen molar-refractivity contribution in [2.75, 3.05) is 19.8 Å². The highest BCUT2D eigenvalue weighted by Crippen LogP contribution is 2.38. The van der Waals surface area contributed by atoms with Gasteiger partial charge in [0.05, 0.1) is 16.3 Å². The molecule has 1 aliphatic rings. The van der Waals surface area contributed by atoms with E-state index in [1.807, 2.05) is 26.0 Å². The van der Waals surface area contributed by atoms with E-state index in [1.54, 1.807) is 18.3 Å². The molecule has 0 aliphatic carbocycles. The zero-order valence-electron chi connectivity index (χ0n) is 17.2. The molecule has 9 heteroatoms. The van der Waals surface area contributed by atoms with Gasteiger partial charge in [0.1, 0.15) is 24.0 Å². The largest absolute Gasteiger partial charge is 0.486 e. The Morgan fingerprint density at radius 1 is 1.26 bits per heavy atom. The van der Waals surface area contributed by atoms with Gasteiger partial charge in [0.15, 0.2) is 11.5 Å². The molecule has 3 aromatic rings. The first-order chi connectivity index (χ1) is 15.0. The fraction of sp³-hybridized carbons (Fsp3) is 0.318. The van der Waals surface area contributed by atoms with Crippen molar-refractivity contribution in [2.45, 2.75) is 31.0 Å². The van der Waals surface area contributed by atoms with E-state index in [0.29, 0.717) is 59.0 Å². The number of fused-ring (bicyclic) bond motifs is 1. The lowest BCUT2D eigenvalue weighted by molar-refractivity contribution is 0.0950. The second-order valence-corrected chi connectivity index (χ2v) is 8.43. The number of amides is 1. The maximum absolute atomic E-state index is 12.8. The summed E-state index contributed by atoms with van der Waals surface area (Å²) in [5.74, 6) is 2.47. The number of hydrogen-bond acceptors (Lipinski definition) is 7. The van der Waals surface area contributed by atoms with E-state index in [4.69, 9.17) is 25.6 Å². The number of ether oxygens (including phenoxy) is 2. The van der Waals surface area contributed by atoms with Crippen molar-refractivity contribution in [3.63, 3.8) is 0 Å². The van der Waals surface area contributed by atoms with Crippen molar-refractivity contribution < 1.29 is 18.8 Å². The van der Waals surface area contributed by atoms with E-state index < -0.39 is 0 Å². The second-order valence-electron chi connectivity index (χ2n) is 7.06. The Labute approximate surface area is 189 Å². The number of benzene rings is 1. The van der Waals surface area contributed by atoms with Crippen molar-refractivity contribution in [1.82, 2.24) is 15.5 Å². The third kappa shape index (κ3) is 4.97. The van der Waals surface area contributed by atoms with E-state index >= 15 is 0 Å². The summed E-state index contributed by atoms with van der Waals surface area (Å²) in [5.41, 5.74) is 3.38. The molecule has 0 bridgehead atoms. The van der Waals surface area contributed by atoms with Gasteiger partial charge in [0, 0.05) is 24.1 Å². The molecule has 1 aliphatic heterocycles. The van der Waals surface area contributed by atoms with Crippen LogP contribution >= 0.6 is 23.4 Å². The molecule has 4 rings (SSSR count). The molecule has 1 N–H and O–H groups in total. The summed E-state index contributed by atoms with van der Waals surface area (Å²) >= 11 is 7.78. The predicted octanol–water partition coefficient (Wildman–Crippen LogP) is 4.38. The second kappa shape index (κ2) is 9.62. The van der Waals surface area contributed by atoms with Crippen molar-refractivity contribution in [3.8, 4) is 11.5 Å². The van der Waals surface area contributed by atoms with Crippen molar-refractivity contribution in [3.05, 3.63) is 63.6 Å². The van der Waals surface area contributed by atoms with Gasteiger partial charge in [-0.05, 0) is 50.1 Å². The minimum atomic E-state index is -0.169. The van der Waals surface area contributed by atoms with Crippen LogP contribution in [0.2, 0.25) is 5.02 Å². The molecule has 2 aromatic heterocycles. The van der Waals surface area contributed by atoms with Crippen LogP contribution in [0.4, 0.5) is 0 Å². The van der Waals surface area contributed by atoms with E-state index in [0.717, 1.165) is 22.6 Å². The summed E-state index contributed by atoms with van der Waals surface area (Å²) < 4.78 is 16.4. The smallest absolute Gasteiger partial charge is 0.254 e. The molecule has 0 saturated carbocycles. The molecular formula is C22H22ClN3O4S. The highest BCUT2D eigenvalue weighted by Gasteiger charge is 2.18. The molecule has 1 amide bonds. The lowest BCUT2D eigenvalue weighted by atomic mass is 10.1. The molecule has 3 heterocycles. The first-order valence-corrected chi connectivity index (χ1v) is 11.2. The third-order valence-corrected chi connectivity index (χ3v) is 6.22. The number of aryl methyl sites for hydroxylation is 2. The fourth-order valence-electron chi connectivity index (χ4n) is 3.25. The van der Waals surface area contributed by atoms with E-state index in [-0.39, 0.29) is 5.91 Å². The van der Waals surface area contributed by atoms with Gasteiger partial charge in [0.2, 0.25) is 0 Å². The van der Waals surface area contributed by atoms with E-state index in [2.05, 4.69) is 15.5 Å². The summed E-state index contributed by atoms with van der Waals surface area (Å²) in [5, 5.41) is 8.13. The van der Waals surface area contributed by atoms with Gasteiger partial charge >= 0.3 is 0 Å². The summed E-state index contributed by atoms with van der Waals surface area (Å²) in [7, 11) is 0. The van der Waals surface area contributed by atoms with E-state index in [9.17, 15) is 4.79 Å². The molecule has 0 unspecified atom stereocenters. The van der Waals surface area contributed by atoms with Crippen LogP contribution in [0.1, 0.15) is 32.9 Å². The number of hydrogen-bond donors (Lipinski definition) is 1. The first kappa shape index (κ1) is 21.5. The lowest BCUT2D eigenvalue weighted by Crippen LogP contribution is -2.26. The van der Waals surface area contributed by atoms with E-state index in [1.165, 1.54) is 11.8 Å². The number of pyridine rings is 1. The summed E-state index contributed by atoms with van der Waals surface area (Å²) in [6.45, 7) is 5.23. The summed E-state index contributed by atoms with van der Waals surface area (Å²) in [6, 6.07) is 7.28. The highest BCUT2D eigenvalue weighted by molar-refractivity contribution is 7.98. The van der Waals surface area contributed by atoms with Gasteiger partial charge in [-0.2, -0.15) is 0 Å². The molecule has 0 fully saturated rings. The maximum atomic E-state index is 12.8. The van der Waals surface area contributed by atoms with Gasteiger partial charge in [-0.15, -0.1) is 11.8 Å². The number of carbonyl (C=O) groups is 1. The van der Waals surface area contributed by atoms with Crippen LogP contribution < -0.4 is 14.8 Å². The fourth-order valence-corrected chi connectivity index (χ4v) is 4.68. The Morgan fingerprint density at radius 3 is 2.90 bits per heavy atom. The average Bonchev–Trinajstić information content (AvgIpc) is 3.09. The number of carbonyl (C=O) groups excluding carboxylic acids is 1. The molecular weight excluding hydrogens is 438 g/mol. The van der Waals surface area contributed by atoms with Gasteiger partial charge < -0.3 is 19.3 Å². The van der Waals surface area contributed by atoms with Crippen LogP contribution in [0.25, 0.3) is 0 Å². The Kier molecular flexibility index (Phi) is 6.67. The molecule has 7 nitrogen and oxygen atoms in total. The normalized spacial score (nSPS) is 12.6. The maximum Gasteiger partial charge on any atom is 0.254 e. The van der Waals surface area contributed by atoms with Crippen LogP contribution in [0.15, 0.2) is 40.0 Å². The van der Waals surface area contributed by atoms with Crippen molar-refractivity contribution in [2.24, 2.45) is 0 Å². The molecule has 162 valence electrons. The molecule has 0 spiro atoms. The zero-order valence-corrected chi connectivity index (χ0v) is 18.8. The van der Waals surface area contributed by atoms with Crippen LogP contribution in [-0.2, 0) is 12.2 Å². The van der Waals surface area contributed by atoms with Crippen LogP contribution in [-0.4, -0.2) is 35.8 Å². The van der Waals surface area contributed by atoms with Crippen molar-refractivity contribution >= 4 is 29.3 Å².